The molecule has 0 aliphatic rings. The van der Waals surface area contributed by atoms with Crippen LogP contribution in [0.3, 0.4) is 0 Å². The van der Waals surface area contributed by atoms with E-state index in [9.17, 15) is 4.79 Å². The fourth-order valence-corrected chi connectivity index (χ4v) is 0.596. The quantitative estimate of drug-likeness (QED) is 0.531. The summed E-state index contributed by atoms with van der Waals surface area (Å²) in [7, 11) is 0. The average Bonchev–Trinajstić information content (AvgIpc) is 2.41. The van der Waals surface area contributed by atoms with E-state index in [4.69, 9.17) is 0 Å². The maximum absolute atomic E-state index is 9.75. The van der Waals surface area contributed by atoms with Gasteiger partial charge >= 0.3 is 0 Å². The lowest BCUT2D eigenvalue weighted by Crippen LogP contribution is -1.98. The molecule has 1 rings (SSSR count). The van der Waals surface area contributed by atoms with Crippen LogP contribution in [-0.4, -0.2) is 26.5 Å². The summed E-state index contributed by atoms with van der Waals surface area (Å²) in [4.78, 5) is 9.75. The van der Waals surface area contributed by atoms with Crippen molar-refractivity contribution in [3.05, 3.63) is 6.33 Å². The van der Waals surface area contributed by atoms with Crippen LogP contribution in [-0.2, 0) is 11.3 Å². The summed E-state index contributed by atoms with van der Waals surface area (Å²) in [6, 6.07) is 0. The normalized spacial score (nSPS) is 9.60. The number of tetrazole rings is 1. The molecule has 10 heavy (non-hydrogen) atoms. The summed E-state index contributed by atoms with van der Waals surface area (Å²) in [5.41, 5.74) is 0. The Balaban J connectivity index is 2.21. The van der Waals surface area contributed by atoms with Crippen LogP contribution >= 0.6 is 0 Å². The minimum Gasteiger partial charge on any atom is -0.291 e. The van der Waals surface area contributed by atoms with E-state index in [1.165, 1.54) is 6.33 Å². The highest BCUT2D eigenvalue weighted by Gasteiger charge is 1.90. The zero-order valence-corrected chi connectivity index (χ0v) is 5.40. The van der Waals surface area contributed by atoms with Crippen molar-refractivity contribution in [3.63, 3.8) is 0 Å². The highest BCUT2D eigenvalue weighted by molar-refractivity contribution is 5.49. The summed E-state index contributed by atoms with van der Waals surface area (Å²) in [6.45, 7) is 0.683. The number of hydrogen-bond acceptors (Lipinski definition) is 4. The van der Waals surface area contributed by atoms with E-state index >= 15 is 0 Å². The lowest BCUT2D eigenvalue weighted by molar-refractivity contribution is 0.529. The van der Waals surface area contributed by atoms with Crippen molar-refractivity contribution < 1.29 is 4.79 Å². The Kier molecular flexibility index (Phi) is 2.54. The molecule has 1 heterocycles. The first-order chi connectivity index (χ1) is 4.93. The predicted octanol–water partition coefficient (Wildman–Crippen LogP) is -0.437. The molecule has 1 aromatic heterocycles. The SMILES string of the molecule is O=[C]CCCn1cnnn1. The lowest BCUT2D eigenvalue weighted by Gasteiger charge is -1.92. The largest absolute Gasteiger partial charge is 0.291 e. The van der Waals surface area contributed by atoms with E-state index in [-0.39, 0.29) is 0 Å². The van der Waals surface area contributed by atoms with E-state index in [0.29, 0.717) is 13.0 Å². The standard InChI is InChI=1S/C5H7N4O/c10-4-2-1-3-9-5-6-7-8-9/h5H,1-3H2. The van der Waals surface area contributed by atoms with E-state index < -0.39 is 0 Å². The Morgan fingerprint density at radius 1 is 1.60 bits per heavy atom. The van der Waals surface area contributed by atoms with E-state index in [0.717, 1.165) is 6.42 Å². The van der Waals surface area contributed by atoms with Gasteiger partial charge in [-0.05, 0) is 16.8 Å². The molecule has 0 aliphatic heterocycles. The molecule has 0 atom stereocenters. The Bertz CT molecular complexity index is 184. The smallest absolute Gasteiger partial charge is 0.198 e. The molecule has 5 nitrogen and oxygen atoms in total. The first-order valence-electron chi connectivity index (χ1n) is 2.99. The molecular formula is C5H7N4O. The summed E-state index contributed by atoms with van der Waals surface area (Å²) in [6.07, 6.45) is 4.51. The number of nitrogens with zero attached hydrogens (tertiary/aromatic N) is 4. The third-order valence-electron chi connectivity index (χ3n) is 1.06. The van der Waals surface area contributed by atoms with Crippen molar-refractivity contribution in [2.45, 2.75) is 19.4 Å². The van der Waals surface area contributed by atoms with Crippen LogP contribution in [0, 0.1) is 0 Å². The zero-order valence-electron chi connectivity index (χ0n) is 5.40. The van der Waals surface area contributed by atoms with Crippen molar-refractivity contribution in [2.24, 2.45) is 0 Å². The second-order valence-corrected chi connectivity index (χ2v) is 1.82. The molecule has 1 radical (unpaired) electrons. The maximum Gasteiger partial charge on any atom is 0.198 e. The van der Waals surface area contributed by atoms with E-state index in [1.807, 2.05) is 0 Å². The highest BCUT2D eigenvalue weighted by Crippen LogP contribution is 1.87. The summed E-state index contributed by atoms with van der Waals surface area (Å²) in [5.74, 6) is 0. The van der Waals surface area contributed by atoms with E-state index in [1.54, 1.807) is 11.0 Å². The number of carbonyl (C=O) groups excluding carboxylic acids is 1. The molecule has 0 unspecified atom stereocenters. The molecule has 0 amide bonds. The van der Waals surface area contributed by atoms with Crippen molar-refractivity contribution in [3.8, 4) is 0 Å². The molecule has 0 saturated heterocycles. The molecule has 0 fully saturated rings. The van der Waals surface area contributed by atoms with Crippen LogP contribution in [0.2, 0.25) is 0 Å². The van der Waals surface area contributed by atoms with Gasteiger partial charge in [-0.2, -0.15) is 0 Å². The van der Waals surface area contributed by atoms with Crippen LogP contribution in [0.25, 0.3) is 0 Å². The third kappa shape index (κ3) is 1.93. The van der Waals surface area contributed by atoms with Crippen molar-refractivity contribution in [1.82, 2.24) is 20.2 Å². The number of aryl methyl sites for hydroxylation is 1. The average molecular weight is 139 g/mol. The van der Waals surface area contributed by atoms with Gasteiger partial charge in [0.2, 0.25) is 0 Å². The number of aromatic nitrogens is 4. The summed E-state index contributed by atoms with van der Waals surface area (Å²) < 4.78 is 1.58. The number of unbranched alkanes of at least 4 members (excludes halogenated alkanes) is 1. The fraction of sp³-hybridized carbons (Fsp3) is 0.600. The van der Waals surface area contributed by atoms with Gasteiger partial charge in [0, 0.05) is 13.0 Å². The van der Waals surface area contributed by atoms with E-state index in [2.05, 4.69) is 15.5 Å². The molecule has 0 N–H and O–H groups in total. The van der Waals surface area contributed by atoms with Crippen LogP contribution < -0.4 is 0 Å². The van der Waals surface area contributed by atoms with Crippen molar-refractivity contribution in [2.75, 3.05) is 0 Å². The summed E-state index contributed by atoms with van der Waals surface area (Å²) in [5, 5.41) is 10.5. The fourth-order valence-electron chi connectivity index (χ4n) is 0.596. The highest BCUT2D eigenvalue weighted by atomic mass is 16.1. The van der Waals surface area contributed by atoms with Crippen LogP contribution in [0.1, 0.15) is 12.8 Å². The maximum atomic E-state index is 9.75. The first-order valence-corrected chi connectivity index (χ1v) is 2.99. The molecule has 0 aromatic carbocycles. The monoisotopic (exact) mass is 139 g/mol. The molecule has 1 aromatic rings. The van der Waals surface area contributed by atoms with Gasteiger partial charge in [-0.1, -0.05) is 0 Å². The topological polar surface area (TPSA) is 60.7 Å². The first kappa shape index (κ1) is 6.85. The van der Waals surface area contributed by atoms with Gasteiger partial charge in [-0.15, -0.1) is 5.10 Å². The Hall–Kier alpha value is -1.26. The lowest BCUT2D eigenvalue weighted by atomic mass is 10.3. The molecule has 0 spiro atoms. The van der Waals surface area contributed by atoms with Crippen molar-refractivity contribution in [1.29, 1.82) is 0 Å². The third-order valence-corrected chi connectivity index (χ3v) is 1.06. The predicted molar refractivity (Wildman–Crippen MR) is 32.7 cm³/mol. The number of rotatable bonds is 4. The number of hydrogen-bond donors (Lipinski definition) is 0. The Morgan fingerprint density at radius 3 is 3.10 bits per heavy atom. The minimum absolute atomic E-state index is 0.444. The Labute approximate surface area is 58.0 Å². The minimum atomic E-state index is 0.444. The van der Waals surface area contributed by atoms with Gasteiger partial charge in [0.1, 0.15) is 6.33 Å². The molecule has 0 saturated carbocycles. The Morgan fingerprint density at radius 2 is 2.50 bits per heavy atom. The van der Waals surface area contributed by atoms with Crippen LogP contribution in [0.15, 0.2) is 6.33 Å². The van der Waals surface area contributed by atoms with Gasteiger partial charge in [0.05, 0.1) is 0 Å². The van der Waals surface area contributed by atoms with Gasteiger partial charge in [0.25, 0.3) is 0 Å². The van der Waals surface area contributed by atoms with Crippen LogP contribution in [0.4, 0.5) is 0 Å². The van der Waals surface area contributed by atoms with Crippen molar-refractivity contribution >= 4 is 6.29 Å². The molecule has 0 bridgehead atoms. The summed E-state index contributed by atoms with van der Waals surface area (Å²) >= 11 is 0. The molecular weight excluding hydrogens is 132 g/mol. The van der Waals surface area contributed by atoms with Gasteiger partial charge in [-0.3, -0.25) is 4.79 Å². The molecule has 0 aliphatic carbocycles. The van der Waals surface area contributed by atoms with Crippen LogP contribution in [0.5, 0.6) is 0 Å². The molecule has 5 heteroatoms. The second kappa shape index (κ2) is 3.71. The molecule has 53 valence electrons. The zero-order chi connectivity index (χ0) is 7.23. The van der Waals surface area contributed by atoms with Gasteiger partial charge < -0.3 is 0 Å². The van der Waals surface area contributed by atoms with Gasteiger partial charge in [0.15, 0.2) is 6.29 Å². The van der Waals surface area contributed by atoms with Gasteiger partial charge in [-0.25, -0.2) is 4.68 Å². The second-order valence-electron chi connectivity index (χ2n) is 1.82.